The van der Waals surface area contributed by atoms with Crippen molar-refractivity contribution in [3.05, 3.63) is 101 Å². The standard InChI is InChI=1S/C25H20ClN3O2S2/c1-15-5-8-17(9-6-15)33-22-12-11-21(31-22)24-23(18-4-2-3-13-27-18)28-25(32)29(24)19-14-16(26)7-10-20(19)30/h2-14,23-24,30H,1H3,(H,28,32)/t23-,24-/m0/s1. The fourth-order valence-corrected chi connectivity index (χ4v) is 5.15. The van der Waals surface area contributed by atoms with E-state index in [1.54, 1.807) is 36.2 Å². The number of pyridine rings is 1. The lowest BCUT2D eigenvalue weighted by Crippen LogP contribution is -2.29. The van der Waals surface area contributed by atoms with Crippen molar-refractivity contribution in [1.29, 1.82) is 0 Å². The number of hydrogen-bond acceptors (Lipinski definition) is 5. The number of nitrogens with one attached hydrogen (secondary N) is 1. The van der Waals surface area contributed by atoms with Gasteiger partial charge in [-0.3, -0.25) is 4.98 Å². The number of aromatic nitrogens is 1. The van der Waals surface area contributed by atoms with Crippen LogP contribution in [0.3, 0.4) is 0 Å². The molecule has 0 bridgehead atoms. The topological polar surface area (TPSA) is 61.5 Å². The number of halogens is 1. The minimum atomic E-state index is -0.371. The molecular weight excluding hydrogens is 474 g/mol. The van der Waals surface area contributed by atoms with Crippen molar-refractivity contribution in [2.24, 2.45) is 0 Å². The molecule has 0 aliphatic carbocycles. The van der Waals surface area contributed by atoms with Crippen molar-refractivity contribution in [1.82, 2.24) is 10.3 Å². The molecule has 0 radical (unpaired) electrons. The second kappa shape index (κ2) is 9.09. The summed E-state index contributed by atoms with van der Waals surface area (Å²) < 4.78 is 6.30. The van der Waals surface area contributed by atoms with Gasteiger partial charge >= 0.3 is 0 Å². The van der Waals surface area contributed by atoms with Gasteiger partial charge < -0.3 is 19.7 Å². The molecule has 1 saturated heterocycles. The van der Waals surface area contributed by atoms with Gasteiger partial charge in [-0.1, -0.05) is 47.1 Å². The average molecular weight is 494 g/mol. The first-order chi connectivity index (χ1) is 16.0. The smallest absolute Gasteiger partial charge is 0.174 e. The minimum Gasteiger partial charge on any atom is -0.506 e. The SMILES string of the molecule is Cc1ccc(Sc2ccc([C@H]3[C@H](c4ccccn4)NC(=S)N3c3cc(Cl)ccc3O)o2)cc1. The zero-order valence-electron chi connectivity index (χ0n) is 17.6. The van der Waals surface area contributed by atoms with Crippen LogP contribution in [-0.2, 0) is 0 Å². The molecule has 2 atom stereocenters. The first-order valence-corrected chi connectivity index (χ1v) is 11.9. The molecule has 0 amide bonds. The number of thiocarbonyl (C=S) groups is 1. The van der Waals surface area contributed by atoms with E-state index in [-0.39, 0.29) is 17.8 Å². The number of phenolic OH excluding ortho intramolecular Hbond substituents is 1. The van der Waals surface area contributed by atoms with E-state index >= 15 is 0 Å². The number of nitrogens with zero attached hydrogens (tertiary/aromatic N) is 2. The van der Waals surface area contributed by atoms with E-state index < -0.39 is 0 Å². The molecule has 2 aromatic carbocycles. The molecule has 2 aromatic heterocycles. The molecule has 5 rings (SSSR count). The van der Waals surface area contributed by atoms with Crippen molar-refractivity contribution < 1.29 is 9.52 Å². The van der Waals surface area contributed by atoms with Crippen molar-refractivity contribution >= 4 is 46.4 Å². The lowest BCUT2D eigenvalue weighted by molar-refractivity contribution is 0.382. The Hall–Kier alpha value is -3.00. The molecule has 2 N–H and O–H groups in total. The molecule has 1 aliphatic rings. The Bertz CT molecular complexity index is 1290. The van der Waals surface area contributed by atoms with E-state index in [1.807, 2.05) is 35.2 Å². The van der Waals surface area contributed by atoms with Gasteiger partial charge in [-0.05, 0) is 73.7 Å². The van der Waals surface area contributed by atoms with Gasteiger partial charge in [0.1, 0.15) is 17.6 Å². The van der Waals surface area contributed by atoms with Gasteiger partial charge in [-0.25, -0.2) is 0 Å². The number of furan rings is 1. The van der Waals surface area contributed by atoms with E-state index in [0.717, 1.165) is 15.7 Å². The molecule has 0 saturated carbocycles. The highest BCUT2D eigenvalue weighted by atomic mass is 35.5. The maximum absolute atomic E-state index is 10.6. The second-order valence-electron chi connectivity index (χ2n) is 7.70. The summed E-state index contributed by atoms with van der Waals surface area (Å²) in [5.74, 6) is 0.781. The number of anilines is 1. The van der Waals surface area contributed by atoms with Crippen LogP contribution < -0.4 is 10.2 Å². The largest absolute Gasteiger partial charge is 0.506 e. The molecular formula is C25H20ClN3O2S2. The van der Waals surface area contributed by atoms with Crippen LogP contribution in [0.5, 0.6) is 5.75 Å². The predicted octanol–water partition coefficient (Wildman–Crippen LogP) is 6.67. The van der Waals surface area contributed by atoms with E-state index in [1.165, 1.54) is 5.56 Å². The van der Waals surface area contributed by atoms with Crippen LogP contribution in [0, 0.1) is 6.92 Å². The molecule has 4 aromatic rings. The van der Waals surface area contributed by atoms with Gasteiger partial charge in [0.25, 0.3) is 0 Å². The fourth-order valence-electron chi connectivity index (χ4n) is 3.86. The Morgan fingerprint density at radius 1 is 1.09 bits per heavy atom. The number of hydrogen-bond donors (Lipinski definition) is 2. The second-order valence-corrected chi connectivity index (χ2v) is 9.60. The first kappa shape index (κ1) is 21.8. The van der Waals surface area contributed by atoms with Crippen molar-refractivity contribution in [2.75, 3.05) is 4.90 Å². The molecule has 33 heavy (non-hydrogen) atoms. The van der Waals surface area contributed by atoms with Crippen LogP contribution in [0.15, 0.2) is 93.4 Å². The third-order valence-electron chi connectivity index (χ3n) is 5.43. The minimum absolute atomic E-state index is 0.0797. The molecule has 8 heteroatoms. The third kappa shape index (κ3) is 4.44. The van der Waals surface area contributed by atoms with Gasteiger partial charge in [-0.2, -0.15) is 0 Å². The molecule has 0 spiro atoms. The summed E-state index contributed by atoms with van der Waals surface area (Å²) in [7, 11) is 0. The Kier molecular flexibility index (Phi) is 6.01. The maximum Gasteiger partial charge on any atom is 0.174 e. The van der Waals surface area contributed by atoms with E-state index in [4.69, 9.17) is 28.2 Å². The predicted molar refractivity (Wildman–Crippen MR) is 135 cm³/mol. The van der Waals surface area contributed by atoms with Crippen LogP contribution in [0.1, 0.15) is 29.1 Å². The molecule has 1 aliphatic heterocycles. The fraction of sp³-hybridized carbons (Fsp3) is 0.120. The molecule has 3 heterocycles. The summed E-state index contributed by atoms with van der Waals surface area (Å²) in [5.41, 5.74) is 2.53. The summed E-state index contributed by atoms with van der Waals surface area (Å²) in [5, 5.41) is 15.7. The Balaban J connectivity index is 1.55. The van der Waals surface area contributed by atoms with Gasteiger partial charge in [0.2, 0.25) is 0 Å². The van der Waals surface area contributed by atoms with Gasteiger partial charge in [0.15, 0.2) is 10.2 Å². The Morgan fingerprint density at radius 2 is 1.91 bits per heavy atom. The highest BCUT2D eigenvalue weighted by Gasteiger charge is 2.43. The van der Waals surface area contributed by atoms with Crippen LogP contribution in [0.25, 0.3) is 0 Å². The normalized spacial score (nSPS) is 17.9. The van der Waals surface area contributed by atoms with E-state index in [2.05, 4.69) is 41.5 Å². The maximum atomic E-state index is 10.6. The number of phenols is 1. The summed E-state index contributed by atoms with van der Waals surface area (Å²) in [6, 6.07) is 22.2. The molecule has 0 unspecified atom stereocenters. The van der Waals surface area contributed by atoms with Crippen LogP contribution in [-0.4, -0.2) is 15.2 Å². The average Bonchev–Trinajstić information content (AvgIpc) is 3.41. The van der Waals surface area contributed by atoms with Crippen LogP contribution in [0.2, 0.25) is 5.02 Å². The lowest BCUT2D eigenvalue weighted by atomic mass is 10.0. The highest BCUT2D eigenvalue weighted by Crippen LogP contribution is 2.46. The number of aryl methyl sites for hydroxylation is 1. The van der Waals surface area contributed by atoms with Gasteiger partial charge in [0.05, 0.1) is 17.4 Å². The van der Waals surface area contributed by atoms with E-state index in [0.29, 0.717) is 21.6 Å². The van der Waals surface area contributed by atoms with Crippen molar-refractivity contribution in [3.8, 4) is 5.75 Å². The van der Waals surface area contributed by atoms with Crippen LogP contribution in [0.4, 0.5) is 5.69 Å². The van der Waals surface area contributed by atoms with Crippen LogP contribution >= 0.6 is 35.6 Å². The number of rotatable bonds is 5. The van der Waals surface area contributed by atoms with Gasteiger partial charge in [-0.15, -0.1) is 0 Å². The monoisotopic (exact) mass is 493 g/mol. The van der Waals surface area contributed by atoms with Gasteiger partial charge in [0, 0.05) is 16.1 Å². The zero-order chi connectivity index (χ0) is 22.9. The summed E-state index contributed by atoms with van der Waals surface area (Å²) in [6.45, 7) is 2.06. The quantitative estimate of drug-likeness (QED) is 0.301. The first-order valence-electron chi connectivity index (χ1n) is 10.3. The lowest BCUT2D eigenvalue weighted by Gasteiger charge is -2.26. The Labute approximate surface area is 206 Å². The summed E-state index contributed by atoms with van der Waals surface area (Å²) in [4.78, 5) is 7.47. The third-order valence-corrected chi connectivity index (χ3v) is 6.91. The molecule has 1 fully saturated rings. The van der Waals surface area contributed by atoms with Crippen molar-refractivity contribution in [3.63, 3.8) is 0 Å². The van der Waals surface area contributed by atoms with Crippen molar-refractivity contribution in [2.45, 2.75) is 29.0 Å². The molecule has 166 valence electrons. The Morgan fingerprint density at radius 3 is 2.67 bits per heavy atom. The highest BCUT2D eigenvalue weighted by molar-refractivity contribution is 7.99. The molecule has 5 nitrogen and oxygen atoms in total. The van der Waals surface area contributed by atoms with E-state index in [9.17, 15) is 5.11 Å². The zero-order valence-corrected chi connectivity index (χ0v) is 20.0. The number of aromatic hydroxyl groups is 1. The number of benzene rings is 2. The summed E-state index contributed by atoms with van der Waals surface area (Å²) in [6.07, 6.45) is 1.75. The summed E-state index contributed by atoms with van der Waals surface area (Å²) >= 11 is 13.5.